The van der Waals surface area contributed by atoms with Gasteiger partial charge in [0.25, 0.3) is 0 Å². The molecule has 0 spiro atoms. The van der Waals surface area contributed by atoms with E-state index in [2.05, 4.69) is 52.0 Å². The molecule has 0 bridgehead atoms. The van der Waals surface area contributed by atoms with E-state index < -0.39 is 0 Å². The Balaban J connectivity index is 3.50. The van der Waals surface area contributed by atoms with Crippen LogP contribution >= 0.6 is 0 Å². The molecular formula is C21H48N3+. The quantitative estimate of drug-likeness (QED) is 0.284. The summed E-state index contributed by atoms with van der Waals surface area (Å²) in [6.45, 7) is 8.42. The number of unbranched alkanes of at least 4 members (excludes halogenated alkanes) is 9. The second kappa shape index (κ2) is 15.2. The topological polar surface area (TPSA) is 6.48 Å². The van der Waals surface area contributed by atoms with Gasteiger partial charge in [0.05, 0.1) is 27.2 Å². The molecule has 0 rings (SSSR count). The summed E-state index contributed by atoms with van der Waals surface area (Å²) in [6.07, 6.45) is 14.3. The van der Waals surface area contributed by atoms with Gasteiger partial charge in [-0.15, -0.1) is 0 Å². The van der Waals surface area contributed by atoms with Crippen LogP contribution in [0.4, 0.5) is 0 Å². The van der Waals surface area contributed by atoms with Crippen LogP contribution in [0, 0.1) is 0 Å². The molecule has 0 aliphatic heterocycles. The maximum absolute atomic E-state index is 2.47. The van der Waals surface area contributed by atoms with Gasteiger partial charge in [-0.25, -0.2) is 0 Å². The number of nitrogens with zero attached hydrogens (tertiary/aromatic N) is 3. The van der Waals surface area contributed by atoms with Crippen molar-refractivity contribution in [2.24, 2.45) is 0 Å². The molecule has 24 heavy (non-hydrogen) atoms. The summed E-state index contributed by atoms with van der Waals surface area (Å²) in [7, 11) is 11.4. The first-order valence-electron chi connectivity index (χ1n) is 10.5. The zero-order valence-electron chi connectivity index (χ0n) is 17.9. The van der Waals surface area contributed by atoms with E-state index in [1.54, 1.807) is 0 Å². The second-order valence-electron chi connectivity index (χ2n) is 8.67. The maximum Gasteiger partial charge on any atom is 0.0911 e. The largest absolute Gasteiger partial charge is 0.327 e. The molecule has 0 aromatic rings. The van der Waals surface area contributed by atoms with Crippen molar-refractivity contribution in [2.75, 3.05) is 68.0 Å². The molecule has 0 radical (unpaired) electrons. The van der Waals surface area contributed by atoms with Crippen molar-refractivity contribution in [2.45, 2.75) is 71.1 Å². The fraction of sp³-hybridized carbons (Fsp3) is 1.00. The van der Waals surface area contributed by atoms with Crippen LogP contribution in [0.5, 0.6) is 0 Å². The third-order valence-corrected chi connectivity index (χ3v) is 5.13. The first-order valence-corrected chi connectivity index (χ1v) is 10.5. The molecule has 0 aliphatic carbocycles. The summed E-state index contributed by atoms with van der Waals surface area (Å²) in [6, 6.07) is 0. The second-order valence-corrected chi connectivity index (χ2v) is 8.67. The smallest absolute Gasteiger partial charge is 0.0911 e. The highest BCUT2D eigenvalue weighted by molar-refractivity contribution is 4.54. The minimum atomic E-state index is 1.16. The predicted octanol–water partition coefficient (Wildman–Crippen LogP) is 4.48. The predicted molar refractivity (Wildman–Crippen MR) is 110 cm³/mol. The molecule has 0 aliphatic rings. The Kier molecular flexibility index (Phi) is 15.1. The monoisotopic (exact) mass is 342 g/mol. The molecule has 0 unspecified atom stereocenters. The number of hydrogen-bond acceptors (Lipinski definition) is 2. The van der Waals surface area contributed by atoms with E-state index in [-0.39, 0.29) is 0 Å². The Bertz CT molecular complexity index is 264. The van der Waals surface area contributed by atoms with E-state index in [9.17, 15) is 0 Å². The molecule has 3 heteroatoms. The number of likely N-dealkylation sites (N-methyl/N-ethyl adjacent to an activating group) is 3. The van der Waals surface area contributed by atoms with E-state index in [1.807, 2.05) is 0 Å². The fourth-order valence-electron chi connectivity index (χ4n) is 3.06. The fourth-order valence-corrected chi connectivity index (χ4v) is 3.06. The van der Waals surface area contributed by atoms with Gasteiger partial charge < -0.3 is 9.38 Å². The Labute approximate surface area is 154 Å². The van der Waals surface area contributed by atoms with Crippen molar-refractivity contribution in [1.82, 2.24) is 9.80 Å². The molecular weight excluding hydrogens is 294 g/mol. The molecule has 0 aromatic carbocycles. The van der Waals surface area contributed by atoms with Crippen LogP contribution in [0.1, 0.15) is 71.1 Å². The lowest BCUT2D eigenvalue weighted by Gasteiger charge is -2.32. The van der Waals surface area contributed by atoms with Crippen molar-refractivity contribution in [3.8, 4) is 0 Å². The van der Waals surface area contributed by atoms with Gasteiger partial charge in [-0.2, -0.15) is 0 Å². The van der Waals surface area contributed by atoms with Crippen LogP contribution in [0.25, 0.3) is 0 Å². The molecule has 0 saturated heterocycles. The molecule has 0 N–H and O–H groups in total. The van der Waals surface area contributed by atoms with Crippen molar-refractivity contribution in [3.63, 3.8) is 0 Å². The lowest BCUT2D eigenvalue weighted by atomic mass is 10.1. The van der Waals surface area contributed by atoms with Crippen molar-refractivity contribution >= 4 is 0 Å². The zero-order valence-corrected chi connectivity index (χ0v) is 17.9. The first-order chi connectivity index (χ1) is 11.4. The molecule has 0 fully saturated rings. The summed E-state index contributed by atoms with van der Waals surface area (Å²) in [5.41, 5.74) is 0. The lowest BCUT2D eigenvalue weighted by molar-refractivity contribution is -0.890. The molecule has 0 heterocycles. The van der Waals surface area contributed by atoms with Gasteiger partial charge in [0.2, 0.25) is 0 Å². The van der Waals surface area contributed by atoms with Crippen LogP contribution in [-0.4, -0.2) is 82.2 Å². The summed E-state index contributed by atoms with van der Waals surface area (Å²) in [5.74, 6) is 0. The Morgan fingerprint density at radius 1 is 0.583 bits per heavy atom. The van der Waals surface area contributed by atoms with Crippen LogP contribution in [0.15, 0.2) is 0 Å². The van der Waals surface area contributed by atoms with Gasteiger partial charge in [0.15, 0.2) is 0 Å². The molecule has 0 amide bonds. The Morgan fingerprint density at radius 2 is 1.08 bits per heavy atom. The van der Waals surface area contributed by atoms with E-state index in [0.717, 1.165) is 6.54 Å². The molecule has 146 valence electrons. The summed E-state index contributed by atoms with van der Waals surface area (Å²) in [5, 5.41) is 0. The van der Waals surface area contributed by atoms with Crippen LogP contribution < -0.4 is 0 Å². The van der Waals surface area contributed by atoms with E-state index in [0.29, 0.717) is 0 Å². The van der Waals surface area contributed by atoms with Gasteiger partial charge >= 0.3 is 0 Å². The summed E-state index contributed by atoms with van der Waals surface area (Å²) < 4.78 is 1.17. The van der Waals surface area contributed by atoms with Crippen molar-refractivity contribution < 1.29 is 4.48 Å². The maximum atomic E-state index is 2.47. The highest BCUT2D eigenvalue weighted by Crippen LogP contribution is 2.11. The minimum absolute atomic E-state index is 1.16. The molecule has 0 saturated carbocycles. The van der Waals surface area contributed by atoms with Crippen LogP contribution in [0.2, 0.25) is 0 Å². The average Bonchev–Trinajstić information content (AvgIpc) is 2.52. The lowest BCUT2D eigenvalue weighted by Crippen LogP contribution is -2.46. The van der Waals surface area contributed by atoms with Crippen LogP contribution in [0.3, 0.4) is 0 Å². The van der Waals surface area contributed by atoms with Gasteiger partial charge in [0, 0.05) is 19.6 Å². The normalized spacial score (nSPS) is 12.5. The van der Waals surface area contributed by atoms with E-state index >= 15 is 0 Å². The SMILES string of the molecule is CCCCCCCCCCCC[N+](C)(C)CCN(C)CCN(C)C. The van der Waals surface area contributed by atoms with E-state index in [4.69, 9.17) is 0 Å². The number of quaternary nitrogens is 1. The summed E-state index contributed by atoms with van der Waals surface area (Å²) in [4.78, 5) is 4.73. The highest BCUT2D eigenvalue weighted by atomic mass is 15.3. The minimum Gasteiger partial charge on any atom is -0.327 e. The third kappa shape index (κ3) is 16.7. The Hall–Kier alpha value is -0.120. The van der Waals surface area contributed by atoms with Gasteiger partial charge in [-0.3, -0.25) is 4.90 Å². The zero-order chi connectivity index (χ0) is 18.3. The summed E-state index contributed by atoms with van der Waals surface area (Å²) >= 11 is 0. The standard InChI is InChI=1S/C21H48N3/c1-7-8-9-10-11-12-13-14-15-16-20-24(5,6)21-19-23(4)18-17-22(2)3/h7-21H2,1-6H3/q+1. The Morgan fingerprint density at radius 3 is 1.58 bits per heavy atom. The average molecular weight is 343 g/mol. The van der Waals surface area contributed by atoms with Gasteiger partial charge in [-0.1, -0.05) is 58.3 Å². The van der Waals surface area contributed by atoms with Gasteiger partial charge in [-0.05, 0) is 34.0 Å². The molecule has 0 atom stereocenters. The van der Waals surface area contributed by atoms with Crippen molar-refractivity contribution in [1.29, 1.82) is 0 Å². The van der Waals surface area contributed by atoms with Crippen molar-refractivity contribution in [3.05, 3.63) is 0 Å². The molecule has 3 nitrogen and oxygen atoms in total. The van der Waals surface area contributed by atoms with E-state index in [1.165, 1.54) is 94.9 Å². The molecule has 0 aromatic heterocycles. The first kappa shape index (κ1) is 23.9. The van der Waals surface area contributed by atoms with Gasteiger partial charge in [0.1, 0.15) is 0 Å². The third-order valence-electron chi connectivity index (χ3n) is 5.13. The number of hydrogen-bond donors (Lipinski definition) is 0. The highest BCUT2D eigenvalue weighted by Gasteiger charge is 2.15. The van der Waals surface area contributed by atoms with Crippen LogP contribution in [-0.2, 0) is 0 Å². The number of rotatable bonds is 17.